The summed E-state index contributed by atoms with van der Waals surface area (Å²) in [5.74, 6) is -4.17. The molecule has 5 rings (SSSR count). The number of pyridine rings is 1. The summed E-state index contributed by atoms with van der Waals surface area (Å²) in [4.78, 5) is 19.9. The normalized spacial score (nSPS) is 14.3. The van der Waals surface area contributed by atoms with Gasteiger partial charge in [-0.15, -0.1) is 11.3 Å². The van der Waals surface area contributed by atoms with Gasteiger partial charge in [-0.25, -0.2) is 30.4 Å². The van der Waals surface area contributed by atoms with Crippen LogP contribution in [0.3, 0.4) is 0 Å². The first kappa shape index (κ1) is 32.4. The number of sulfonamides is 1. The minimum Gasteiger partial charge on any atom is -0.487 e. The van der Waals surface area contributed by atoms with Gasteiger partial charge in [0.25, 0.3) is 18.3 Å². The number of ether oxygens (including phenoxy) is 1. The number of halogens is 6. The van der Waals surface area contributed by atoms with Crippen molar-refractivity contribution in [3.05, 3.63) is 86.4 Å². The molecule has 0 spiro atoms. The van der Waals surface area contributed by atoms with Crippen LogP contribution >= 0.6 is 22.9 Å². The summed E-state index contributed by atoms with van der Waals surface area (Å²) in [5.41, 5.74) is 1.01. The van der Waals surface area contributed by atoms with Crippen LogP contribution in [0.4, 0.5) is 39.0 Å². The van der Waals surface area contributed by atoms with E-state index in [2.05, 4.69) is 15.0 Å². The Balaban J connectivity index is 1.44. The average molecular weight is 687 g/mol. The minimum absolute atomic E-state index is 0.102. The van der Waals surface area contributed by atoms with Gasteiger partial charge in [0.2, 0.25) is 10.0 Å². The fourth-order valence-corrected chi connectivity index (χ4v) is 6.31. The molecule has 1 aliphatic heterocycles. The first-order chi connectivity index (χ1) is 21.0. The number of anilines is 3. The molecule has 0 atom stereocenters. The molecule has 1 amide bonds. The Morgan fingerprint density at radius 1 is 1.11 bits per heavy atom. The van der Waals surface area contributed by atoms with E-state index < -0.39 is 52.7 Å². The van der Waals surface area contributed by atoms with Crippen molar-refractivity contribution in [3.63, 3.8) is 0 Å². The summed E-state index contributed by atoms with van der Waals surface area (Å²) < 4.78 is 99.0. The lowest BCUT2D eigenvalue weighted by Crippen LogP contribution is -2.56. The third-order valence-electron chi connectivity index (χ3n) is 6.53. The number of nitrogens with zero attached hydrogens (tertiary/aromatic N) is 2. The van der Waals surface area contributed by atoms with Crippen LogP contribution in [0.5, 0.6) is 5.75 Å². The Kier molecular flexibility index (Phi) is 8.97. The van der Waals surface area contributed by atoms with Crippen molar-refractivity contribution in [2.24, 2.45) is 0 Å². The topological polar surface area (TPSA) is 101 Å². The van der Waals surface area contributed by atoms with Crippen molar-refractivity contribution in [2.45, 2.75) is 25.9 Å². The van der Waals surface area contributed by atoms with Gasteiger partial charge in [-0.3, -0.25) is 14.5 Å². The molecule has 1 aliphatic rings. The van der Waals surface area contributed by atoms with Gasteiger partial charge in [-0.2, -0.15) is 0 Å². The molecule has 1 saturated heterocycles. The van der Waals surface area contributed by atoms with Crippen LogP contribution in [0, 0.1) is 12.7 Å². The zero-order valence-corrected chi connectivity index (χ0v) is 25.9. The van der Waals surface area contributed by atoms with Gasteiger partial charge in [-0.05, 0) is 55.0 Å². The first-order valence-corrected chi connectivity index (χ1v) is 16.2. The van der Waals surface area contributed by atoms with E-state index in [1.165, 1.54) is 35.4 Å². The SMILES string of the molecule is Cc1sc(C(=O)Nc2cc(Cl)cc(NS(C)(=O)=O)c2)cc1-c1ncc(N2CC(F)(F)C2)cc1OCc1cc(F)cc(C(F)F)c1. The van der Waals surface area contributed by atoms with E-state index in [4.69, 9.17) is 16.3 Å². The smallest absolute Gasteiger partial charge is 0.282 e. The van der Waals surface area contributed by atoms with Gasteiger partial charge < -0.3 is 15.0 Å². The maximum Gasteiger partial charge on any atom is 0.282 e. The fourth-order valence-electron chi connectivity index (χ4n) is 4.62. The number of benzene rings is 2. The maximum absolute atomic E-state index is 14.0. The predicted molar refractivity (Wildman–Crippen MR) is 163 cm³/mol. The Morgan fingerprint density at radius 3 is 2.49 bits per heavy atom. The number of hydrogen-bond acceptors (Lipinski definition) is 7. The van der Waals surface area contributed by atoms with E-state index in [9.17, 15) is 35.2 Å². The number of aryl methyl sites for hydroxylation is 1. The Bertz CT molecular complexity index is 1880. The van der Waals surface area contributed by atoms with E-state index in [-0.39, 0.29) is 44.9 Å². The molecule has 16 heteroatoms. The van der Waals surface area contributed by atoms with Crippen molar-refractivity contribution < 1.29 is 39.9 Å². The predicted octanol–water partition coefficient (Wildman–Crippen LogP) is 7.51. The monoisotopic (exact) mass is 686 g/mol. The Hall–Kier alpha value is -3.95. The number of alkyl halides is 4. The molecule has 0 aliphatic carbocycles. The van der Waals surface area contributed by atoms with Crippen molar-refractivity contribution in [1.82, 2.24) is 4.98 Å². The lowest BCUT2D eigenvalue weighted by atomic mass is 10.1. The van der Waals surface area contributed by atoms with Crippen LogP contribution in [0.1, 0.15) is 32.1 Å². The van der Waals surface area contributed by atoms with E-state index in [1.807, 2.05) is 0 Å². The molecular formula is C29H24ClF5N4O4S2. The highest BCUT2D eigenvalue weighted by molar-refractivity contribution is 7.92. The highest BCUT2D eigenvalue weighted by Gasteiger charge is 2.44. The second kappa shape index (κ2) is 12.4. The van der Waals surface area contributed by atoms with Crippen molar-refractivity contribution in [3.8, 4) is 17.0 Å². The van der Waals surface area contributed by atoms with Crippen LogP contribution < -0.4 is 19.7 Å². The highest BCUT2D eigenvalue weighted by Crippen LogP contribution is 2.40. The van der Waals surface area contributed by atoms with Crippen molar-refractivity contribution in [2.75, 3.05) is 34.3 Å². The molecule has 8 nitrogen and oxygen atoms in total. The van der Waals surface area contributed by atoms with Crippen LogP contribution in [-0.4, -0.2) is 44.6 Å². The lowest BCUT2D eigenvalue weighted by Gasteiger charge is -2.40. The maximum atomic E-state index is 14.0. The van der Waals surface area contributed by atoms with E-state index in [0.29, 0.717) is 16.1 Å². The molecule has 238 valence electrons. The molecule has 0 bridgehead atoms. The molecular weight excluding hydrogens is 663 g/mol. The number of carbonyl (C=O) groups excluding carboxylic acids is 1. The number of aromatic nitrogens is 1. The number of carbonyl (C=O) groups is 1. The summed E-state index contributed by atoms with van der Waals surface area (Å²) in [6, 6.07) is 10.1. The second-order valence-corrected chi connectivity index (χ2v) is 13.8. The van der Waals surface area contributed by atoms with Gasteiger partial charge in [0.1, 0.15) is 23.9 Å². The summed E-state index contributed by atoms with van der Waals surface area (Å²) in [7, 11) is -3.60. The van der Waals surface area contributed by atoms with Gasteiger partial charge >= 0.3 is 0 Å². The zero-order valence-electron chi connectivity index (χ0n) is 23.5. The van der Waals surface area contributed by atoms with Gasteiger partial charge in [0.05, 0.1) is 41.8 Å². The van der Waals surface area contributed by atoms with Gasteiger partial charge in [0.15, 0.2) is 0 Å². The molecule has 3 heterocycles. The second-order valence-electron chi connectivity index (χ2n) is 10.4. The average Bonchev–Trinajstić information content (AvgIpc) is 3.30. The van der Waals surface area contributed by atoms with Crippen LogP contribution in [0.15, 0.2) is 54.7 Å². The Labute approximate surface area is 263 Å². The summed E-state index contributed by atoms with van der Waals surface area (Å²) in [5, 5.41) is 2.84. The molecule has 2 N–H and O–H groups in total. The number of thiophene rings is 1. The molecule has 4 aromatic rings. The number of nitrogens with one attached hydrogen (secondary N) is 2. The minimum atomic E-state index is -3.60. The van der Waals surface area contributed by atoms with E-state index in [0.717, 1.165) is 35.8 Å². The summed E-state index contributed by atoms with van der Waals surface area (Å²) in [6.07, 6.45) is -0.549. The molecule has 0 unspecified atom stereocenters. The quantitative estimate of drug-likeness (QED) is 0.168. The van der Waals surface area contributed by atoms with Gasteiger partial charge in [-0.1, -0.05) is 11.6 Å². The summed E-state index contributed by atoms with van der Waals surface area (Å²) >= 11 is 7.21. The third kappa shape index (κ3) is 8.02. The van der Waals surface area contributed by atoms with Crippen LogP contribution in [0.2, 0.25) is 5.02 Å². The van der Waals surface area contributed by atoms with Crippen LogP contribution in [0.25, 0.3) is 11.3 Å². The Morgan fingerprint density at radius 2 is 1.82 bits per heavy atom. The van der Waals surface area contributed by atoms with E-state index in [1.54, 1.807) is 13.0 Å². The van der Waals surface area contributed by atoms with Crippen LogP contribution in [-0.2, 0) is 16.6 Å². The number of amides is 1. The molecule has 2 aromatic heterocycles. The molecule has 2 aromatic carbocycles. The standard InChI is InChI=1S/C29H24ClF5N4O4S2/c1-15-23(10-25(44-15)28(40)37-20-6-18(30)7-21(8-20)38-45(2,41)42)26-24(9-22(11-36-26)39-13-29(34,35)14-39)43-12-16-3-17(27(32)33)5-19(31)4-16/h3-11,27,38H,12-14H2,1-2H3,(H,37,40). The summed E-state index contributed by atoms with van der Waals surface area (Å²) in [6.45, 7) is 0.339. The van der Waals surface area contributed by atoms with Crippen molar-refractivity contribution >= 4 is 55.9 Å². The zero-order chi connectivity index (χ0) is 32.7. The number of rotatable bonds is 10. The third-order valence-corrected chi connectivity index (χ3v) is 8.40. The fraction of sp³-hybridized carbons (Fsp3) is 0.241. The number of hydrogen-bond donors (Lipinski definition) is 2. The highest BCUT2D eigenvalue weighted by atomic mass is 35.5. The molecule has 0 saturated carbocycles. The van der Waals surface area contributed by atoms with Gasteiger partial charge in [0, 0.05) is 32.8 Å². The molecule has 1 fully saturated rings. The van der Waals surface area contributed by atoms with E-state index >= 15 is 0 Å². The lowest BCUT2D eigenvalue weighted by molar-refractivity contribution is -0.0263. The largest absolute Gasteiger partial charge is 0.487 e. The first-order valence-electron chi connectivity index (χ1n) is 13.1. The van der Waals surface area contributed by atoms with Crippen molar-refractivity contribution in [1.29, 1.82) is 0 Å². The molecule has 45 heavy (non-hydrogen) atoms. The molecule has 0 radical (unpaired) electrons.